The smallest absolute Gasteiger partial charge is 0.261 e. The molecule has 0 radical (unpaired) electrons. The van der Waals surface area contributed by atoms with Crippen LogP contribution < -0.4 is 5.32 Å². The molecule has 0 unspecified atom stereocenters. The normalized spacial score (nSPS) is 10.7. The Morgan fingerprint density at radius 1 is 1.28 bits per heavy atom. The molecule has 128 valence electrons. The standard InChI is InChI=1S/C18H14ClFN2O3/c1-9-6-7-14(23)13(8-9)21-18(24)15-10(2)25-22-17(15)16-11(19)4-3-5-12(16)20/h3-8,23H,1-2H3,(H,21,24). The van der Waals surface area contributed by atoms with E-state index in [9.17, 15) is 14.3 Å². The predicted octanol–water partition coefficient (Wildman–Crippen LogP) is 4.71. The highest BCUT2D eigenvalue weighted by atomic mass is 35.5. The second-order valence-corrected chi connectivity index (χ2v) is 5.94. The maximum absolute atomic E-state index is 14.2. The number of hydrogen-bond donors (Lipinski definition) is 2. The minimum Gasteiger partial charge on any atom is -0.506 e. The zero-order valence-electron chi connectivity index (χ0n) is 13.4. The lowest BCUT2D eigenvalue weighted by Crippen LogP contribution is -2.14. The van der Waals surface area contributed by atoms with Crippen LogP contribution in [0.1, 0.15) is 21.7 Å². The van der Waals surface area contributed by atoms with Crippen molar-refractivity contribution in [2.24, 2.45) is 0 Å². The molecule has 0 saturated heterocycles. The highest BCUT2D eigenvalue weighted by molar-refractivity contribution is 6.33. The molecular formula is C18H14ClFN2O3. The van der Waals surface area contributed by atoms with Gasteiger partial charge >= 0.3 is 0 Å². The second-order valence-electron chi connectivity index (χ2n) is 5.53. The Balaban J connectivity index is 2.05. The summed E-state index contributed by atoms with van der Waals surface area (Å²) in [7, 11) is 0. The fraction of sp³-hybridized carbons (Fsp3) is 0.111. The SMILES string of the molecule is Cc1ccc(O)c(NC(=O)c2c(-c3c(F)cccc3Cl)noc2C)c1. The summed E-state index contributed by atoms with van der Waals surface area (Å²) in [5, 5.41) is 16.4. The van der Waals surface area contributed by atoms with Crippen LogP contribution >= 0.6 is 11.6 Å². The molecule has 0 bridgehead atoms. The molecule has 5 nitrogen and oxygen atoms in total. The molecule has 3 aromatic rings. The highest BCUT2D eigenvalue weighted by Crippen LogP contribution is 2.34. The number of amides is 1. The zero-order chi connectivity index (χ0) is 18.1. The first kappa shape index (κ1) is 17.0. The molecule has 0 spiro atoms. The van der Waals surface area contributed by atoms with Gasteiger partial charge in [-0.25, -0.2) is 4.39 Å². The molecule has 0 saturated carbocycles. The van der Waals surface area contributed by atoms with Gasteiger partial charge in [-0.05, 0) is 43.7 Å². The predicted molar refractivity (Wildman–Crippen MR) is 92.4 cm³/mol. The van der Waals surface area contributed by atoms with Gasteiger partial charge in [0.2, 0.25) is 0 Å². The largest absolute Gasteiger partial charge is 0.506 e. The first-order valence-corrected chi connectivity index (χ1v) is 7.78. The van der Waals surface area contributed by atoms with Crippen LogP contribution in [0.3, 0.4) is 0 Å². The number of anilines is 1. The average Bonchev–Trinajstić information content (AvgIpc) is 2.92. The number of aromatic hydroxyl groups is 1. The lowest BCUT2D eigenvalue weighted by molar-refractivity contribution is 0.102. The van der Waals surface area contributed by atoms with Crippen molar-refractivity contribution >= 4 is 23.2 Å². The van der Waals surface area contributed by atoms with Gasteiger partial charge in [0.1, 0.15) is 28.6 Å². The Labute approximate surface area is 148 Å². The van der Waals surface area contributed by atoms with Crippen LogP contribution in [-0.4, -0.2) is 16.2 Å². The number of nitrogens with zero attached hydrogens (tertiary/aromatic N) is 1. The fourth-order valence-corrected chi connectivity index (χ4v) is 2.72. The van der Waals surface area contributed by atoms with E-state index >= 15 is 0 Å². The summed E-state index contributed by atoms with van der Waals surface area (Å²) in [6, 6.07) is 8.97. The van der Waals surface area contributed by atoms with Gasteiger partial charge in [-0.15, -0.1) is 0 Å². The number of nitrogens with one attached hydrogen (secondary N) is 1. The molecular weight excluding hydrogens is 347 g/mol. The minimum atomic E-state index is -0.617. The van der Waals surface area contributed by atoms with Crippen LogP contribution in [0.4, 0.5) is 10.1 Å². The number of halogens is 2. The quantitative estimate of drug-likeness (QED) is 0.663. The molecule has 1 aromatic heterocycles. The van der Waals surface area contributed by atoms with Crippen molar-refractivity contribution in [1.29, 1.82) is 0 Å². The van der Waals surface area contributed by atoms with Crippen LogP contribution in [0.5, 0.6) is 5.75 Å². The summed E-state index contributed by atoms with van der Waals surface area (Å²) in [4.78, 5) is 12.7. The highest BCUT2D eigenvalue weighted by Gasteiger charge is 2.25. The number of carbonyl (C=O) groups is 1. The fourth-order valence-electron chi connectivity index (χ4n) is 2.47. The van der Waals surface area contributed by atoms with Gasteiger partial charge in [0.15, 0.2) is 0 Å². The lowest BCUT2D eigenvalue weighted by Gasteiger charge is -2.09. The van der Waals surface area contributed by atoms with Crippen molar-refractivity contribution in [3.63, 3.8) is 0 Å². The maximum Gasteiger partial charge on any atom is 0.261 e. The van der Waals surface area contributed by atoms with E-state index in [2.05, 4.69) is 10.5 Å². The van der Waals surface area contributed by atoms with E-state index in [4.69, 9.17) is 16.1 Å². The van der Waals surface area contributed by atoms with E-state index in [1.165, 1.54) is 31.2 Å². The maximum atomic E-state index is 14.2. The van der Waals surface area contributed by atoms with Crippen molar-refractivity contribution in [1.82, 2.24) is 5.16 Å². The van der Waals surface area contributed by atoms with Gasteiger partial charge < -0.3 is 14.9 Å². The van der Waals surface area contributed by atoms with E-state index < -0.39 is 11.7 Å². The zero-order valence-corrected chi connectivity index (χ0v) is 14.2. The monoisotopic (exact) mass is 360 g/mol. The van der Waals surface area contributed by atoms with Gasteiger partial charge in [-0.2, -0.15) is 0 Å². The van der Waals surface area contributed by atoms with E-state index in [0.717, 1.165) is 5.56 Å². The Morgan fingerprint density at radius 3 is 2.76 bits per heavy atom. The number of carbonyl (C=O) groups excluding carboxylic acids is 1. The first-order valence-electron chi connectivity index (χ1n) is 7.40. The third-order valence-corrected chi connectivity index (χ3v) is 4.00. The lowest BCUT2D eigenvalue weighted by atomic mass is 10.0. The molecule has 1 heterocycles. The molecule has 3 rings (SSSR count). The Bertz CT molecular complexity index is 949. The minimum absolute atomic E-state index is 0.00485. The molecule has 0 aliphatic rings. The average molecular weight is 361 g/mol. The summed E-state index contributed by atoms with van der Waals surface area (Å²) >= 11 is 6.06. The number of hydrogen-bond acceptors (Lipinski definition) is 4. The van der Waals surface area contributed by atoms with Crippen LogP contribution in [-0.2, 0) is 0 Å². The molecule has 0 atom stereocenters. The van der Waals surface area contributed by atoms with E-state index in [1.807, 2.05) is 6.92 Å². The number of benzene rings is 2. The van der Waals surface area contributed by atoms with Crippen molar-refractivity contribution in [2.45, 2.75) is 13.8 Å². The molecule has 0 aliphatic heterocycles. The first-order chi connectivity index (χ1) is 11.9. The van der Waals surface area contributed by atoms with E-state index in [1.54, 1.807) is 12.1 Å². The van der Waals surface area contributed by atoms with E-state index in [-0.39, 0.29) is 39.0 Å². The van der Waals surface area contributed by atoms with E-state index in [0.29, 0.717) is 0 Å². The molecule has 25 heavy (non-hydrogen) atoms. The number of aromatic nitrogens is 1. The summed E-state index contributed by atoms with van der Waals surface area (Å²) in [5.41, 5.74) is 1.13. The summed E-state index contributed by atoms with van der Waals surface area (Å²) in [6.45, 7) is 3.36. The third kappa shape index (κ3) is 3.21. The van der Waals surface area contributed by atoms with Crippen molar-refractivity contribution in [3.8, 4) is 17.0 Å². The molecule has 0 aliphatic carbocycles. The molecule has 2 aromatic carbocycles. The van der Waals surface area contributed by atoms with Crippen molar-refractivity contribution in [2.75, 3.05) is 5.32 Å². The van der Waals surface area contributed by atoms with Gasteiger partial charge in [0.25, 0.3) is 5.91 Å². The van der Waals surface area contributed by atoms with Crippen LogP contribution in [0.2, 0.25) is 5.02 Å². The number of phenolic OH excluding ortho intramolecular Hbond substituents is 1. The topological polar surface area (TPSA) is 75.4 Å². The van der Waals surface area contributed by atoms with Crippen LogP contribution in [0.15, 0.2) is 40.9 Å². The second kappa shape index (κ2) is 6.57. The van der Waals surface area contributed by atoms with Crippen LogP contribution in [0.25, 0.3) is 11.3 Å². The van der Waals surface area contributed by atoms with Gasteiger partial charge in [-0.3, -0.25) is 4.79 Å². The van der Waals surface area contributed by atoms with Crippen LogP contribution in [0, 0.1) is 19.7 Å². The third-order valence-electron chi connectivity index (χ3n) is 3.69. The number of rotatable bonds is 3. The summed E-state index contributed by atoms with van der Waals surface area (Å²) < 4.78 is 19.3. The molecule has 7 heteroatoms. The van der Waals surface area contributed by atoms with Crippen molar-refractivity contribution in [3.05, 3.63) is 64.1 Å². The Hall–Kier alpha value is -2.86. The van der Waals surface area contributed by atoms with Gasteiger partial charge in [0.05, 0.1) is 16.3 Å². The Kier molecular flexibility index (Phi) is 4.46. The van der Waals surface area contributed by atoms with Gasteiger partial charge in [-0.1, -0.05) is 28.9 Å². The van der Waals surface area contributed by atoms with Crippen molar-refractivity contribution < 1.29 is 18.8 Å². The molecule has 0 fully saturated rings. The molecule has 2 N–H and O–H groups in total. The summed E-state index contributed by atoms with van der Waals surface area (Å²) in [6.07, 6.45) is 0. The number of phenols is 1. The van der Waals surface area contributed by atoms with Gasteiger partial charge in [0, 0.05) is 0 Å². The molecule has 1 amide bonds. The number of aryl methyl sites for hydroxylation is 2. The summed E-state index contributed by atoms with van der Waals surface area (Å²) in [5.74, 6) is -1.08. The Morgan fingerprint density at radius 2 is 2.04 bits per heavy atom.